The summed E-state index contributed by atoms with van der Waals surface area (Å²) in [6.07, 6.45) is 1.46. The first-order valence-electron chi connectivity index (χ1n) is 8.84. The van der Waals surface area contributed by atoms with Gasteiger partial charge in [0.1, 0.15) is 5.69 Å². The van der Waals surface area contributed by atoms with Gasteiger partial charge in [-0.1, -0.05) is 13.8 Å². The summed E-state index contributed by atoms with van der Waals surface area (Å²) in [5.41, 5.74) is 2.98. The van der Waals surface area contributed by atoms with Gasteiger partial charge in [0, 0.05) is 19.2 Å². The van der Waals surface area contributed by atoms with Crippen molar-refractivity contribution in [2.24, 2.45) is 5.10 Å². The number of fused-ring (bicyclic) bond motifs is 1. The summed E-state index contributed by atoms with van der Waals surface area (Å²) in [4.78, 5) is 10.7. The molecule has 1 aliphatic rings. The van der Waals surface area contributed by atoms with Gasteiger partial charge < -0.3 is 9.47 Å². The molecule has 0 aliphatic carbocycles. The molecule has 1 N–H and O–H groups in total. The largest absolute Gasteiger partial charge is 0.454 e. The number of nitrogens with zero attached hydrogens (tertiary/aromatic N) is 3. The highest BCUT2D eigenvalue weighted by atomic mass is 32.2. The molecule has 0 radical (unpaired) electrons. The average molecular weight is 420 g/mol. The highest BCUT2D eigenvalue weighted by Gasteiger charge is 2.25. The zero-order chi connectivity index (χ0) is 21.0. The van der Waals surface area contributed by atoms with Gasteiger partial charge in [0.2, 0.25) is 16.8 Å². The van der Waals surface area contributed by atoms with E-state index in [2.05, 4.69) is 10.5 Å². The van der Waals surface area contributed by atoms with E-state index in [4.69, 9.17) is 9.47 Å². The van der Waals surface area contributed by atoms with Crippen LogP contribution in [0.4, 0.5) is 11.4 Å². The van der Waals surface area contributed by atoms with Crippen molar-refractivity contribution < 1.29 is 22.8 Å². The maximum absolute atomic E-state index is 12.6. The zero-order valence-corrected chi connectivity index (χ0v) is 16.7. The van der Waals surface area contributed by atoms with Crippen molar-refractivity contribution >= 4 is 27.6 Å². The first kappa shape index (κ1) is 20.6. The lowest BCUT2D eigenvalue weighted by molar-refractivity contribution is -0.384. The van der Waals surface area contributed by atoms with Crippen molar-refractivity contribution in [3.8, 4) is 11.5 Å². The Morgan fingerprint density at radius 3 is 2.59 bits per heavy atom. The van der Waals surface area contributed by atoms with E-state index < -0.39 is 14.9 Å². The number of nitro groups is 1. The van der Waals surface area contributed by atoms with Crippen molar-refractivity contribution in [3.63, 3.8) is 0 Å². The maximum atomic E-state index is 12.6. The molecule has 0 bridgehead atoms. The number of hydrazone groups is 1. The second kappa shape index (κ2) is 8.45. The molecular weight excluding hydrogens is 400 g/mol. The number of hydrogen-bond acceptors (Lipinski definition) is 8. The van der Waals surface area contributed by atoms with Crippen LogP contribution in [0.1, 0.15) is 19.4 Å². The van der Waals surface area contributed by atoms with Crippen LogP contribution in [-0.4, -0.2) is 43.7 Å². The monoisotopic (exact) mass is 420 g/mol. The molecule has 2 aromatic rings. The van der Waals surface area contributed by atoms with Gasteiger partial charge in [-0.25, -0.2) is 8.42 Å². The van der Waals surface area contributed by atoms with Gasteiger partial charge in [-0.2, -0.15) is 9.41 Å². The zero-order valence-electron chi connectivity index (χ0n) is 15.9. The van der Waals surface area contributed by atoms with Crippen LogP contribution >= 0.6 is 0 Å². The summed E-state index contributed by atoms with van der Waals surface area (Å²) in [6.45, 7) is 4.11. The molecular formula is C18H20N4O6S. The van der Waals surface area contributed by atoms with E-state index in [1.54, 1.807) is 32.0 Å². The summed E-state index contributed by atoms with van der Waals surface area (Å²) < 4.78 is 37.0. The Hall–Kier alpha value is -3.18. The molecule has 1 heterocycles. The van der Waals surface area contributed by atoms with Crippen molar-refractivity contribution in [1.29, 1.82) is 0 Å². The summed E-state index contributed by atoms with van der Waals surface area (Å²) in [6, 6.07) is 8.89. The second-order valence-corrected chi connectivity index (χ2v) is 7.95. The molecule has 154 valence electrons. The van der Waals surface area contributed by atoms with Gasteiger partial charge in [0.05, 0.1) is 16.0 Å². The highest BCUT2D eigenvalue weighted by molar-refractivity contribution is 7.89. The van der Waals surface area contributed by atoms with Crippen LogP contribution in [0, 0.1) is 10.1 Å². The Balaban J connectivity index is 1.83. The van der Waals surface area contributed by atoms with E-state index in [1.165, 1.54) is 22.7 Å². The molecule has 0 aromatic heterocycles. The van der Waals surface area contributed by atoms with Crippen LogP contribution in [-0.2, 0) is 10.0 Å². The molecule has 11 heteroatoms. The Morgan fingerprint density at radius 1 is 1.17 bits per heavy atom. The standard InChI is InChI=1S/C18H20N4O6S/c1-3-21(4-2)29(25,26)14-6-7-15(16(10-14)22(23)24)20-19-11-13-5-8-17-18(9-13)28-12-27-17/h5-11,20H,3-4,12H2,1-2H3/b19-11+. The SMILES string of the molecule is CCN(CC)S(=O)(=O)c1ccc(N/N=C/c2ccc3c(c2)OCO3)c([N+](=O)[O-])c1. The summed E-state index contributed by atoms with van der Waals surface area (Å²) in [5, 5.41) is 15.4. The van der Waals surface area contributed by atoms with Crippen LogP contribution in [0.2, 0.25) is 0 Å². The lowest BCUT2D eigenvalue weighted by Gasteiger charge is -2.18. The van der Waals surface area contributed by atoms with Crippen LogP contribution in [0.15, 0.2) is 46.4 Å². The number of ether oxygens (including phenoxy) is 2. The fourth-order valence-electron chi connectivity index (χ4n) is 2.80. The van der Waals surface area contributed by atoms with Crippen LogP contribution < -0.4 is 14.9 Å². The Kier molecular flexibility index (Phi) is 5.99. The number of hydrogen-bond donors (Lipinski definition) is 1. The van der Waals surface area contributed by atoms with E-state index in [1.807, 2.05) is 0 Å². The molecule has 0 fully saturated rings. The highest BCUT2D eigenvalue weighted by Crippen LogP contribution is 2.32. The minimum atomic E-state index is -3.81. The molecule has 0 saturated heterocycles. The van der Waals surface area contributed by atoms with Gasteiger partial charge in [0.25, 0.3) is 5.69 Å². The lowest BCUT2D eigenvalue weighted by Crippen LogP contribution is -2.30. The normalized spacial score (nSPS) is 13.2. The number of rotatable bonds is 8. The first-order chi connectivity index (χ1) is 13.9. The third kappa shape index (κ3) is 4.30. The Morgan fingerprint density at radius 2 is 1.90 bits per heavy atom. The van der Waals surface area contributed by atoms with E-state index in [-0.39, 0.29) is 36.2 Å². The van der Waals surface area contributed by atoms with Crippen LogP contribution in [0.3, 0.4) is 0 Å². The first-order valence-corrected chi connectivity index (χ1v) is 10.3. The van der Waals surface area contributed by atoms with Gasteiger partial charge in [-0.3, -0.25) is 15.5 Å². The third-order valence-electron chi connectivity index (χ3n) is 4.30. The molecule has 2 aromatic carbocycles. The summed E-state index contributed by atoms with van der Waals surface area (Å²) in [7, 11) is -3.81. The van der Waals surface area contributed by atoms with Gasteiger partial charge in [-0.05, 0) is 35.9 Å². The molecule has 0 spiro atoms. The summed E-state index contributed by atoms with van der Waals surface area (Å²) in [5.74, 6) is 1.22. The van der Waals surface area contributed by atoms with Crippen LogP contribution in [0.25, 0.3) is 0 Å². The average Bonchev–Trinajstić information content (AvgIpc) is 3.16. The topological polar surface area (TPSA) is 123 Å². The maximum Gasteiger partial charge on any atom is 0.295 e. The molecule has 0 amide bonds. The van der Waals surface area contributed by atoms with Gasteiger partial charge >= 0.3 is 0 Å². The third-order valence-corrected chi connectivity index (χ3v) is 6.35. The van der Waals surface area contributed by atoms with E-state index in [0.717, 1.165) is 6.07 Å². The minimum Gasteiger partial charge on any atom is -0.454 e. The summed E-state index contributed by atoms with van der Waals surface area (Å²) >= 11 is 0. The number of nitro benzene ring substituents is 1. The molecule has 0 atom stereocenters. The van der Waals surface area contributed by atoms with E-state index in [0.29, 0.717) is 17.1 Å². The Bertz CT molecular complexity index is 1050. The van der Waals surface area contributed by atoms with Crippen LogP contribution in [0.5, 0.6) is 11.5 Å². The van der Waals surface area contributed by atoms with Gasteiger partial charge in [0.15, 0.2) is 11.5 Å². The lowest BCUT2D eigenvalue weighted by atomic mass is 10.2. The molecule has 10 nitrogen and oxygen atoms in total. The van der Waals surface area contributed by atoms with Crippen molar-refractivity contribution in [1.82, 2.24) is 4.31 Å². The van der Waals surface area contributed by atoms with E-state index >= 15 is 0 Å². The Labute approximate surface area is 167 Å². The molecule has 3 rings (SSSR count). The quantitative estimate of drug-likeness (QED) is 0.396. The number of anilines is 1. The van der Waals surface area contributed by atoms with Gasteiger partial charge in [-0.15, -0.1) is 0 Å². The molecule has 0 unspecified atom stereocenters. The smallest absolute Gasteiger partial charge is 0.295 e. The molecule has 0 saturated carbocycles. The number of nitrogens with one attached hydrogen (secondary N) is 1. The predicted octanol–water partition coefficient (Wildman–Crippen LogP) is 2.80. The van der Waals surface area contributed by atoms with Crippen molar-refractivity contribution in [2.45, 2.75) is 18.7 Å². The van der Waals surface area contributed by atoms with Crippen molar-refractivity contribution in [3.05, 3.63) is 52.1 Å². The fraction of sp³-hybridized carbons (Fsp3) is 0.278. The fourth-order valence-corrected chi connectivity index (χ4v) is 4.28. The van der Waals surface area contributed by atoms with Crippen molar-refractivity contribution in [2.75, 3.05) is 25.3 Å². The second-order valence-electron chi connectivity index (χ2n) is 6.01. The minimum absolute atomic E-state index is 0.0745. The molecule has 1 aliphatic heterocycles. The molecule has 29 heavy (non-hydrogen) atoms. The number of sulfonamides is 1. The predicted molar refractivity (Wildman–Crippen MR) is 107 cm³/mol. The van der Waals surface area contributed by atoms with E-state index in [9.17, 15) is 18.5 Å². The number of benzene rings is 2.